The van der Waals surface area contributed by atoms with E-state index >= 15 is 0 Å². The minimum Gasteiger partial charge on any atom is -0.493 e. The van der Waals surface area contributed by atoms with Gasteiger partial charge in [-0.1, -0.05) is 30.3 Å². The van der Waals surface area contributed by atoms with Gasteiger partial charge in [-0.2, -0.15) is 0 Å². The van der Waals surface area contributed by atoms with Crippen molar-refractivity contribution in [2.24, 2.45) is 0 Å². The number of hydrogen-bond donors (Lipinski definition) is 1. The molecule has 0 aliphatic rings. The zero-order chi connectivity index (χ0) is 16.8. The van der Waals surface area contributed by atoms with Crippen molar-refractivity contribution in [3.8, 4) is 11.5 Å². The number of ether oxygens (including phenoxy) is 2. The van der Waals surface area contributed by atoms with Gasteiger partial charge in [-0.05, 0) is 24.1 Å². The average molecular weight is 314 g/mol. The van der Waals surface area contributed by atoms with E-state index in [2.05, 4.69) is 0 Å². The second-order valence-electron chi connectivity index (χ2n) is 4.92. The summed E-state index contributed by atoms with van der Waals surface area (Å²) in [5.41, 5.74) is 1.53. The highest BCUT2D eigenvalue weighted by atomic mass is 16.6. The van der Waals surface area contributed by atoms with Crippen molar-refractivity contribution in [2.45, 2.75) is 13.3 Å². The third kappa shape index (κ3) is 3.96. The Hall–Kier alpha value is -2.66. The Bertz CT molecular complexity index is 707. The van der Waals surface area contributed by atoms with Crippen LogP contribution in [0, 0.1) is 0 Å². The number of methoxy groups -OCH3 is 1. The van der Waals surface area contributed by atoms with Crippen molar-refractivity contribution >= 4 is 11.8 Å². The molecule has 0 aliphatic heterocycles. The van der Waals surface area contributed by atoms with Gasteiger partial charge in [-0.15, -0.1) is 0 Å². The number of carbonyl (C=O) groups is 2. The molecule has 0 fully saturated rings. The van der Waals surface area contributed by atoms with Crippen molar-refractivity contribution in [3.05, 3.63) is 59.2 Å². The second-order valence-corrected chi connectivity index (χ2v) is 4.92. The van der Waals surface area contributed by atoms with E-state index in [4.69, 9.17) is 9.47 Å². The monoisotopic (exact) mass is 314 g/mol. The van der Waals surface area contributed by atoms with Crippen LogP contribution in [0.4, 0.5) is 0 Å². The van der Waals surface area contributed by atoms with Gasteiger partial charge in [0.2, 0.25) is 0 Å². The van der Waals surface area contributed by atoms with E-state index in [0.29, 0.717) is 28.9 Å². The Kier molecular flexibility index (Phi) is 5.49. The van der Waals surface area contributed by atoms with Gasteiger partial charge in [0.1, 0.15) is 0 Å². The van der Waals surface area contributed by atoms with Crippen LogP contribution in [0.15, 0.2) is 42.5 Å². The first-order valence-electron chi connectivity index (χ1n) is 7.16. The quantitative estimate of drug-likeness (QED) is 0.503. The van der Waals surface area contributed by atoms with Crippen molar-refractivity contribution in [1.29, 1.82) is 0 Å². The summed E-state index contributed by atoms with van der Waals surface area (Å²) in [5.74, 6) is -0.185. The summed E-state index contributed by atoms with van der Waals surface area (Å²) < 4.78 is 10.3. The van der Waals surface area contributed by atoms with Gasteiger partial charge in [0, 0.05) is 24.7 Å². The standard InChI is InChI=1S/C18H18O5/c1-12(20)23-17-11-15(14(8-9-19)10-16(17)22-2)18(21)13-6-4-3-5-7-13/h3-7,10-11,19H,8-9H2,1-2H3. The molecule has 2 rings (SSSR count). The molecule has 1 N–H and O–H groups in total. The first-order chi connectivity index (χ1) is 11.1. The molecular formula is C18H18O5. The number of carbonyl (C=O) groups excluding carboxylic acids is 2. The van der Waals surface area contributed by atoms with Gasteiger partial charge in [-0.3, -0.25) is 9.59 Å². The van der Waals surface area contributed by atoms with Gasteiger partial charge < -0.3 is 14.6 Å². The fourth-order valence-corrected chi connectivity index (χ4v) is 2.28. The van der Waals surface area contributed by atoms with E-state index in [-0.39, 0.29) is 18.1 Å². The highest BCUT2D eigenvalue weighted by Crippen LogP contribution is 2.32. The average Bonchev–Trinajstić information content (AvgIpc) is 2.55. The molecule has 0 unspecified atom stereocenters. The number of esters is 1. The third-order valence-electron chi connectivity index (χ3n) is 3.30. The number of ketones is 1. The van der Waals surface area contributed by atoms with Crippen LogP contribution in [0.2, 0.25) is 0 Å². The highest BCUT2D eigenvalue weighted by molar-refractivity contribution is 6.10. The maximum Gasteiger partial charge on any atom is 0.308 e. The van der Waals surface area contributed by atoms with E-state index in [1.807, 2.05) is 6.07 Å². The smallest absolute Gasteiger partial charge is 0.308 e. The molecule has 0 radical (unpaired) electrons. The van der Waals surface area contributed by atoms with Gasteiger partial charge in [0.05, 0.1) is 7.11 Å². The van der Waals surface area contributed by atoms with Crippen molar-refractivity contribution < 1.29 is 24.2 Å². The van der Waals surface area contributed by atoms with Crippen LogP contribution in [0.25, 0.3) is 0 Å². The minimum absolute atomic E-state index is 0.106. The second kappa shape index (κ2) is 7.56. The fraction of sp³-hybridized carbons (Fsp3) is 0.222. The largest absolute Gasteiger partial charge is 0.493 e. The fourth-order valence-electron chi connectivity index (χ4n) is 2.28. The molecule has 0 aliphatic carbocycles. The molecule has 2 aromatic rings. The van der Waals surface area contributed by atoms with Crippen LogP contribution in [-0.2, 0) is 11.2 Å². The first-order valence-corrected chi connectivity index (χ1v) is 7.16. The van der Waals surface area contributed by atoms with E-state index in [9.17, 15) is 14.7 Å². The molecule has 0 atom stereocenters. The van der Waals surface area contributed by atoms with Crippen LogP contribution in [0.5, 0.6) is 11.5 Å². The van der Waals surface area contributed by atoms with Gasteiger partial charge in [0.25, 0.3) is 0 Å². The van der Waals surface area contributed by atoms with Gasteiger partial charge in [0.15, 0.2) is 17.3 Å². The lowest BCUT2D eigenvalue weighted by molar-refractivity contribution is -0.132. The number of benzene rings is 2. The molecular weight excluding hydrogens is 296 g/mol. The first kappa shape index (κ1) is 16.7. The molecule has 0 amide bonds. The molecule has 0 bridgehead atoms. The molecule has 0 saturated heterocycles. The summed E-state index contributed by atoms with van der Waals surface area (Å²) in [6.45, 7) is 1.17. The summed E-state index contributed by atoms with van der Waals surface area (Å²) in [7, 11) is 1.45. The molecule has 5 nitrogen and oxygen atoms in total. The van der Waals surface area contributed by atoms with Crippen molar-refractivity contribution in [3.63, 3.8) is 0 Å². The Morgan fingerprint density at radius 2 is 1.78 bits per heavy atom. The summed E-state index contributed by atoms with van der Waals surface area (Å²) in [4.78, 5) is 24.0. The zero-order valence-electron chi connectivity index (χ0n) is 13.0. The van der Waals surface area contributed by atoms with Crippen LogP contribution >= 0.6 is 0 Å². The summed E-state index contributed by atoms with van der Waals surface area (Å²) in [6.07, 6.45) is 0.296. The third-order valence-corrected chi connectivity index (χ3v) is 3.30. The van der Waals surface area contributed by atoms with Crippen LogP contribution in [0.3, 0.4) is 0 Å². The molecule has 0 aromatic heterocycles. The van der Waals surface area contributed by atoms with Crippen LogP contribution in [0.1, 0.15) is 28.4 Å². The Balaban J connectivity index is 2.54. The predicted octanol–water partition coefficient (Wildman–Crippen LogP) is 2.39. The lowest BCUT2D eigenvalue weighted by Crippen LogP contribution is -2.10. The van der Waals surface area contributed by atoms with Crippen LogP contribution < -0.4 is 9.47 Å². The van der Waals surface area contributed by atoms with Gasteiger partial charge in [-0.25, -0.2) is 0 Å². The van der Waals surface area contributed by atoms with E-state index in [0.717, 1.165) is 0 Å². The molecule has 0 saturated carbocycles. The number of aliphatic hydroxyl groups is 1. The minimum atomic E-state index is -0.503. The molecule has 2 aromatic carbocycles. The summed E-state index contributed by atoms with van der Waals surface area (Å²) in [6, 6.07) is 11.9. The predicted molar refractivity (Wildman–Crippen MR) is 85.0 cm³/mol. The molecule has 0 heterocycles. The Morgan fingerprint density at radius 3 is 2.35 bits per heavy atom. The molecule has 0 spiro atoms. The van der Waals surface area contributed by atoms with E-state index in [1.54, 1.807) is 30.3 Å². The maximum atomic E-state index is 12.7. The lowest BCUT2D eigenvalue weighted by Gasteiger charge is -2.14. The van der Waals surface area contributed by atoms with Crippen molar-refractivity contribution in [1.82, 2.24) is 0 Å². The van der Waals surface area contributed by atoms with Crippen molar-refractivity contribution in [2.75, 3.05) is 13.7 Å². The van der Waals surface area contributed by atoms with E-state index in [1.165, 1.54) is 20.1 Å². The molecule has 5 heteroatoms. The Labute approximate surface area is 134 Å². The lowest BCUT2D eigenvalue weighted by atomic mass is 9.96. The Morgan fingerprint density at radius 1 is 1.09 bits per heavy atom. The topological polar surface area (TPSA) is 72.8 Å². The van der Waals surface area contributed by atoms with Gasteiger partial charge >= 0.3 is 5.97 Å². The summed E-state index contributed by atoms with van der Waals surface area (Å²) >= 11 is 0. The number of rotatable bonds is 6. The number of hydrogen-bond acceptors (Lipinski definition) is 5. The summed E-state index contributed by atoms with van der Waals surface area (Å²) in [5, 5.41) is 9.24. The van der Waals surface area contributed by atoms with E-state index < -0.39 is 5.97 Å². The molecule has 120 valence electrons. The maximum absolute atomic E-state index is 12.7. The normalized spacial score (nSPS) is 10.2. The number of aliphatic hydroxyl groups excluding tert-OH is 1. The zero-order valence-corrected chi connectivity index (χ0v) is 13.0. The molecule has 23 heavy (non-hydrogen) atoms. The van der Waals surface area contributed by atoms with Crippen LogP contribution in [-0.4, -0.2) is 30.6 Å². The SMILES string of the molecule is COc1cc(CCO)c(C(=O)c2ccccc2)cc1OC(C)=O. The highest BCUT2D eigenvalue weighted by Gasteiger charge is 2.19.